The Bertz CT molecular complexity index is 2620. The number of rotatable bonds is 8. The Morgan fingerprint density at radius 3 is 1.20 bits per heavy atom. The van der Waals surface area contributed by atoms with E-state index in [1.807, 2.05) is 0 Å². The van der Waals surface area contributed by atoms with Crippen LogP contribution >= 0.6 is 0 Å². The van der Waals surface area contributed by atoms with E-state index in [2.05, 4.69) is 237 Å². The lowest BCUT2D eigenvalue weighted by Gasteiger charge is -2.34. The van der Waals surface area contributed by atoms with Crippen molar-refractivity contribution in [3.63, 3.8) is 0 Å². The van der Waals surface area contributed by atoms with Crippen LogP contribution in [0, 0.1) is 0 Å². The van der Waals surface area contributed by atoms with Gasteiger partial charge in [-0.25, -0.2) is 0 Å². The number of hydrogen-bond acceptors (Lipinski definition) is 0. The van der Waals surface area contributed by atoms with Crippen LogP contribution in [0.25, 0.3) is 44.5 Å². The van der Waals surface area contributed by atoms with Crippen molar-refractivity contribution < 1.29 is 0 Å². The lowest BCUT2D eigenvalue weighted by atomic mass is 9.67. The van der Waals surface area contributed by atoms with Crippen molar-refractivity contribution in [2.45, 2.75) is 11.3 Å². The van der Waals surface area contributed by atoms with Gasteiger partial charge in [0.15, 0.2) is 0 Å². The Labute approximate surface area is 330 Å². The fourth-order valence-corrected chi connectivity index (χ4v) is 9.26. The van der Waals surface area contributed by atoms with Gasteiger partial charge in [0.2, 0.25) is 0 Å². The summed E-state index contributed by atoms with van der Waals surface area (Å²) in [5.41, 5.74) is 18.5. The molecule has 0 heterocycles. The molecule has 0 fully saturated rings. The predicted octanol–water partition coefficient (Wildman–Crippen LogP) is 14.2. The van der Waals surface area contributed by atoms with Crippen molar-refractivity contribution in [2.24, 2.45) is 0 Å². The zero-order valence-electron chi connectivity index (χ0n) is 31.1. The predicted molar refractivity (Wildman–Crippen MR) is 234 cm³/mol. The number of fused-ring (bicyclic) bond motifs is 3. The first-order valence-electron chi connectivity index (χ1n) is 19.6. The van der Waals surface area contributed by atoms with Crippen molar-refractivity contribution in [3.05, 3.63) is 276 Å². The molecule has 0 unspecified atom stereocenters. The summed E-state index contributed by atoms with van der Waals surface area (Å²) in [6.07, 6.45) is 0. The maximum absolute atomic E-state index is 2.36. The van der Waals surface area contributed by atoms with Crippen LogP contribution in [0.3, 0.4) is 0 Å². The molecule has 0 N–H and O–H groups in total. The second kappa shape index (κ2) is 14.3. The molecule has 0 amide bonds. The van der Waals surface area contributed by atoms with Gasteiger partial charge in [-0.05, 0) is 83.5 Å². The summed E-state index contributed by atoms with van der Waals surface area (Å²) < 4.78 is 0. The van der Waals surface area contributed by atoms with E-state index < -0.39 is 5.41 Å². The minimum atomic E-state index is -0.459. The Morgan fingerprint density at radius 2 is 0.661 bits per heavy atom. The van der Waals surface area contributed by atoms with Crippen LogP contribution in [0.4, 0.5) is 0 Å². The van der Waals surface area contributed by atoms with Gasteiger partial charge in [0.1, 0.15) is 0 Å². The second-order valence-electron chi connectivity index (χ2n) is 14.8. The molecule has 1 aliphatic carbocycles. The molecule has 0 saturated carbocycles. The van der Waals surface area contributed by atoms with Gasteiger partial charge in [-0.2, -0.15) is 0 Å². The monoisotopic (exact) mass is 712 g/mol. The smallest absolute Gasteiger partial charge is 0.0622 e. The molecule has 9 aromatic rings. The highest BCUT2D eigenvalue weighted by atomic mass is 14.5. The molecule has 1 aliphatic rings. The zero-order chi connectivity index (χ0) is 37.3. The van der Waals surface area contributed by atoms with Gasteiger partial charge >= 0.3 is 0 Å². The minimum absolute atomic E-state index is 0.00125. The minimum Gasteiger partial charge on any atom is -0.0622 e. The first-order chi connectivity index (χ1) is 27.8. The SMILES string of the molecule is c1ccc(-c2ccc(C(c3ccc(-c4ccccc4)cc3)c3ccccc3-c3cccc4c3-c3ccccc3C4(c3ccccc3)c3ccccc3)cc2)cc1. The molecule has 9 aromatic carbocycles. The van der Waals surface area contributed by atoms with Gasteiger partial charge in [0, 0.05) is 5.92 Å². The van der Waals surface area contributed by atoms with Gasteiger partial charge in [0.05, 0.1) is 5.41 Å². The lowest BCUT2D eigenvalue weighted by Crippen LogP contribution is -2.28. The fourth-order valence-electron chi connectivity index (χ4n) is 9.26. The van der Waals surface area contributed by atoms with Gasteiger partial charge in [-0.15, -0.1) is 0 Å². The topological polar surface area (TPSA) is 0 Å². The first kappa shape index (κ1) is 33.5. The van der Waals surface area contributed by atoms with Crippen LogP contribution in [-0.4, -0.2) is 0 Å². The van der Waals surface area contributed by atoms with E-state index in [1.54, 1.807) is 0 Å². The first-order valence-corrected chi connectivity index (χ1v) is 19.6. The molecular formula is C56H40. The standard InChI is InChI=1S/C56H40/c1-5-18-40(19-6-1)42-32-36-44(37-33-42)54(45-38-34-43(35-39-45)41-20-7-2-8-21-41)49-27-14-13-26-48(49)50-29-17-31-53-55(50)51-28-15-16-30-52(51)56(53,46-22-9-3-10-23-46)47-24-11-4-12-25-47/h1-39,54H. The van der Waals surface area contributed by atoms with Crippen LogP contribution in [0.5, 0.6) is 0 Å². The fraction of sp³-hybridized carbons (Fsp3) is 0.0357. The normalized spacial score (nSPS) is 12.6. The molecule has 0 bridgehead atoms. The average molecular weight is 713 g/mol. The molecule has 0 atom stereocenters. The molecule has 264 valence electrons. The highest BCUT2D eigenvalue weighted by Crippen LogP contribution is 2.58. The largest absolute Gasteiger partial charge is 0.0713 e. The second-order valence-corrected chi connectivity index (χ2v) is 14.8. The van der Waals surface area contributed by atoms with E-state index >= 15 is 0 Å². The van der Waals surface area contributed by atoms with Crippen LogP contribution in [-0.2, 0) is 5.41 Å². The molecule has 10 rings (SSSR count). The molecule has 0 nitrogen and oxygen atoms in total. The maximum atomic E-state index is 2.36. The van der Waals surface area contributed by atoms with E-state index in [9.17, 15) is 0 Å². The molecule has 56 heavy (non-hydrogen) atoms. The van der Waals surface area contributed by atoms with Crippen LogP contribution in [0.15, 0.2) is 237 Å². The van der Waals surface area contributed by atoms with E-state index in [1.165, 1.54) is 83.5 Å². The van der Waals surface area contributed by atoms with E-state index in [0.717, 1.165) is 0 Å². The average Bonchev–Trinajstić information content (AvgIpc) is 3.60. The number of hydrogen-bond donors (Lipinski definition) is 0. The van der Waals surface area contributed by atoms with Crippen LogP contribution in [0.1, 0.15) is 44.9 Å². The molecule has 0 heteroatoms. The Balaban J connectivity index is 1.19. The summed E-state index contributed by atoms with van der Waals surface area (Å²) in [5.74, 6) is 0.00125. The third kappa shape index (κ3) is 5.62. The summed E-state index contributed by atoms with van der Waals surface area (Å²) in [6, 6.07) is 87.0. The Hall–Kier alpha value is -7.02. The number of benzene rings is 9. The van der Waals surface area contributed by atoms with Crippen LogP contribution in [0.2, 0.25) is 0 Å². The highest BCUT2D eigenvalue weighted by Gasteiger charge is 2.46. The van der Waals surface area contributed by atoms with Crippen LogP contribution < -0.4 is 0 Å². The third-order valence-corrected chi connectivity index (χ3v) is 11.7. The lowest BCUT2D eigenvalue weighted by molar-refractivity contribution is 0.768. The molecule has 0 saturated heterocycles. The summed E-state index contributed by atoms with van der Waals surface area (Å²) in [6.45, 7) is 0. The van der Waals surface area contributed by atoms with E-state index in [4.69, 9.17) is 0 Å². The zero-order valence-corrected chi connectivity index (χ0v) is 31.1. The molecule has 0 radical (unpaired) electrons. The van der Waals surface area contributed by atoms with Gasteiger partial charge in [0.25, 0.3) is 0 Å². The molecule has 0 aliphatic heterocycles. The maximum Gasteiger partial charge on any atom is 0.0713 e. The van der Waals surface area contributed by atoms with Gasteiger partial charge < -0.3 is 0 Å². The Kier molecular flexibility index (Phi) is 8.58. The third-order valence-electron chi connectivity index (χ3n) is 11.7. The molecule has 0 spiro atoms. The highest BCUT2D eigenvalue weighted by molar-refractivity contribution is 5.96. The van der Waals surface area contributed by atoms with Crippen molar-refractivity contribution in [2.75, 3.05) is 0 Å². The van der Waals surface area contributed by atoms with Gasteiger partial charge in [-0.1, -0.05) is 237 Å². The molecular weight excluding hydrogens is 673 g/mol. The van der Waals surface area contributed by atoms with E-state index in [0.29, 0.717) is 0 Å². The van der Waals surface area contributed by atoms with Gasteiger partial charge in [-0.3, -0.25) is 0 Å². The van der Waals surface area contributed by atoms with Crippen molar-refractivity contribution in [3.8, 4) is 44.5 Å². The van der Waals surface area contributed by atoms with E-state index in [-0.39, 0.29) is 5.92 Å². The Morgan fingerprint density at radius 1 is 0.268 bits per heavy atom. The van der Waals surface area contributed by atoms with Crippen molar-refractivity contribution in [1.29, 1.82) is 0 Å². The summed E-state index contributed by atoms with van der Waals surface area (Å²) in [4.78, 5) is 0. The van der Waals surface area contributed by atoms with Crippen molar-refractivity contribution in [1.82, 2.24) is 0 Å². The summed E-state index contributed by atoms with van der Waals surface area (Å²) in [7, 11) is 0. The quantitative estimate of drug-likeness (QED) is 0.138. The molecule has 0 aromatic heterocycles. The van der Waals surface area contributed by atoms with Crippen molar-refractivity contribution >= 4 is 0 Å². The summed E-state index contributed by atoms with van der Waals surface area (Å²) in [5, 5.41) is 0. The summed E-state index contributed by atoms with van der Waals surface area (Å²) >= 11 is 0.